The molecule has 0 radical (unpaired) electrons. The van der Waals surface area contributed by atoms with Gasteiger partial charge >= 0.3 is 5.97 Å². The number of fused-ring (bicyclic) bond motifs is 1. The van der Waals surface area contributed by atoms with Gasteiger partial charge in [0.05, 0.1) is 28.0 Å². The highest BCUT2D eigenvalue weighted by molar-refractivity contribution is 7.91. The van der Waals surface area contributed by atoms with E-state index in [1.54, 1.807) is 48.5 Å². The Morgan fingerprint density at radius 1 is 0.929 bits per heavy atom. The standard InChI is InChI=1S/C21H15NO5S/c1-26-21(23)17-10-6-5-9-16(17)20-22-18-12-11-15(13-19(18)27-20)28(24,25)14-7-3-2-4-8-14/h2-13H,1H3. The Morgan fingerprint density at radius 2 is 1.64 bits per heavy atom. The van der Waals surface area contributed by atoms with Gasteiger partial charge in [0.25, 0.3) is 0 Å². The smallest absolute Gasteiger partial charge is 0.338 e. The Morgan fingerprint density at radius 3 is 2.39 bits per heavy atom. The molecular formula is C21H15NO5S. The number of rotatable bonds is 4. The Balaban J connectivity index is 1.82. The van der Waals surface area contributed by atoms with Crippen molar-refractivity contribution in [2.75, 3.05) is 7.11 Å². The molecule has 0 amide bonds. The molecule has 0 unspecified atom stereocenters. The van der Waals surface area contributed by atoms with Crippen molar-refractivity contribution < 1.29 is 22.4 Å². The molecule has 7 heteroatoms. The number of esters is 1. The lowest BCUT2D eigenvalue weighted by Gasteiger charge is -2.04. The molecule has 0 aliphatic heterocycles. The lowest BCUT2D eigenvalue weighted by atomic mass is 10.1. The van der Waals surface area contributed by atoms with Crippen molar-refractivity contribution in [1.82, 2.24) is 4.98 Å². The van der Waals surface area contributed by atoms with E-state index in [4.69, 9.17) is 9.15 Å². The first kappa shape index (κ1) is 17.9. The minimum absolute atomic E-state index is 0.107. The molecule has 140 valence electrons. The van der Waals surface area contributed by atoms with E-state index < -0.39 is 15.8 Å². The second-order valence-electron chi connectivity index (χ2n) is 6.00. The maximum atomic E-state index is 12.8. The highest BCUT2D eigenvalue weighted by Gasteiger charge is 2.21. The zero-order chi connectivity index (χ0) is 19.7. The van der Waals surface area contributed by atoms with Crippen molar-refractivity contribution in [3.8, 4) is 11.5 Å². The summed E-state index contributed by atoms with van der Waals surface area (Å²) in [6.07, 6.45) is 0. The molecule has 0 atom stereocenters. The van der Waals surface area contributed by atoms with Gasteiger partial charge in [0.2, 0.25) is 15.7 Å². The van der Waals surface area contributed by atoms with Gasteiger partial charge in [0.15, 0.2) is 5.58 Å². The number of hydrogen-bond acceptors (Lipinski definition) is 6. The van der Waals surface area contributed by atoms with Crippen LogP contribution in [0, 0.1) is 0 Å². The maximum absolute atomic E-state index is 12.8. The lowest BCUT2D eigenvalue weighted by Crippen LogP contribution is -2.03. The summed E-state index contributed by atoms with van der Waals surface area (Å²) >= 11 is 0. The molecule has 28 heavy (non-hydrogen) atoms. The maximum Gasteiger partial charge on any atom is 0.338 e. The van der Waals surface area contributed by atoms with Crippen molar-refractivity contribution in [3.05, 3.63) is 78.4 Å². The van der Waals surface area contributed by atoms with E-state index in [9.17, 15) is 13.2 Å². The molecule has 0 saturated carbocycles. The molecule has 1 aromatic heterocycles. The first-order valence-corrected chi connectivity index (χ1v) is 9.87. The summed E-state index contributed by atoms with van der Waals surface area (Å²) in [6, 6.07) is 19.4. The fraction of sp³-hybridized carbons (Fsp3) is 0.0476. The van der Waals surface area contributed by atoms with Gasteiger partial charge in [0, 0.05) is 6.07 Å². The summed E-state index contributed by atoms with van der Waals surface area (Å²) in [5.41, 5.74) is 1.58. The number of aromatic nitrogens is 1. The van der Waals surface area contributed by atoms with Crippen molar-refractivity contribution in [3.63, 3.8) is 0 Å². The number of benzene rings is 3. The predicted octanol–water partition coefficient (Wildman–Crippen LogP) is 4.11. The van der Waals surface area contributed by atoms with Crippen LogP contribution in [0.15, 0.2) is 87.0 Å². The topological polar surface area (TPSA) is 86.5 Å². The molecule has 0 spiro atoms. The molecule has 0 bridgehead atoms. The summed E-state index contributed by atoms with van der Waals surface area (Å²) in [5, 5.41) is 0. The first-order chi connectivity index (χ1) is 13.5. The summed E-state index contributed by atoms with van der Waals surface area (Å²) in [5.74, 6) is -0.296. The van der Waals surface area contributed by atoms with E-state index in [0.29, 0.717) is 22.2 Å². The molecule has 0 aliphatic rings. The number of carbonyl (C=O) groups is 1. The Labute approximate surface area is 161 Å². The normalized spacial score (nSPS) is 11.5. The molecule has 4 rings (SSSR count). The summed E-state index contributed by atoms with van der Waals surface area (Å²) in [7, 11) is -2.38. The largest absolute Gasteiger partial charge is 0.465 e. The number of ether oxygens (including phenoxy) is 1. The van der Waals surface area contributed by atoms with Gasteiger partial charge in [0.1, 0.15) is 5.52 Å². The Hall–Kier alpha value is -3.45. The van der Waals surface area contributed by atoms with Crippen LogP contribution in [-0.2, 0) is 14.6 Å². The zero-order valence-corrected chi connectivity index (χ0v) is 15.6. The molecule has 1 heterocycles. The van der Waals surface area contributed by atoms with Crippen LogP contribution in [0.3, 0.4) is 0 Å². The summed E-state index contributed by atoms with van der Waals surface area (Å²) < 4.78 is 36.2. The Kier molecular flexibility index (Phi) is 4.44. The molecule has 4 aromatic rings. The van der Waals surface area contributed by atoms with Crippen LogP contribution in [-0.4, -0.2) is 26.5 Å². The van der Waals surface area contributed by atoms with Gasteiger partial charge < -0.3 is 9.15 Å². The van der Waals surface area contributed by atoms with E-state index in [0.717, 1.165) is 0 Å². The molecule has 0 saturated heterocycles. The van der Waals surface area contributed by atoms with Gasteiger partial charge in [-0.1, -0.05) is 30.3 Å². The molecule has 0 aliphatic carbocycles. The summed E-state index contributed by atoms with van der Waals surface area (Å²) in [6.45, 7) is 0. The number of methoxy groups -OCH3 is 1. The van der Waals surface area contributed by atoms with Crippen molar-refractivity contribution in [1.29, 1.82) is 0 Å². The van der Waals surface area contributed by atoms with E-state index >= 15 is 0 Å². The fourth-order valence-electron chi connectivity index (χ4n) is 2.88. The number of oxazole rings is 1. The van der Waals surface area contributed by atoms with Gasteiger partial charge in [-0.3, -0.25) is 0 Å². The van der Waals surface area contributed by atoms with E-state index in [1.165, 1.54) is 31.4 Å². The van der Waals surface area contributed by atoms with Crippen molar-refractivity contribution in [2.24, 2.45) is 0 Å². The van der Waals surface area contributed by atoms with Crippen LogP contribution in [0.4, 0.5) is 0 Å². The average Bonchev–Trinajstić information content (AvgIpc) is 3.17. The van der Waals surface area contributed by atoms with Crippen molar-refractivity contribution in [2.45, 2.75) is 9.79 Å². The second kappa shape index (κ2) is 6.94. The molecular weight excluding hydrogens is 378 g/mol. The van der Waals surface area contributed by atoms with Crippen LogP contribution in [0.25, 0.3) is 22.6 Å². The van der Waals surface area contributed by atoms with E-state index in [2.05, 4.69) is 4.98 Å². The second-order valence-corrected chi connectivity index (χ2v) is 7.95. The minimum atomic E-state index is -3.67. The van der Waals surface area contributed by atoms with Crippen molar-refractivity contribution >= 4 is 26.9 Å². The minimum Gasteiger partial charge on any atom is -0.465 e. The molecule has 0 N–H and O–H groups in total. The first-order valence-electron chi connectivity index (χ1n) is 8.39. The number of hydrogen-bond donors (Lipinski definition) is 0. The van der Waals surface area contributed by atoms with Crippen LogP contribution in [0.1, 0.15) is 10.4 Å². The number of carbonyl (C=O) groups excluding carboxylic acids is 1. The SMILES string of the molecule is COC(=O)c1ccccc1-c1nc2ccc(S(=O)(=O)c3ccccc3)cc2o1. The van der Waals surface area contributed by atoms with Crippen LogP contribution in [0.2, 0.25) is 0 Å². The average molecular weight is 393 g/mol. The number of nitrogens with zero attached hydrogens (tertiary/aromatic N) is 1. The third-order valence-corrected chi connectivity index (χ3v) is 6.05. The van der Waals surface area contributed by atoms with Crippen LogP contribution in [0.5, 0.6) is 0 Å². The lowest BCUT2D eigenvalue weighted by molar-refractivity contribution is 0.0601. The fourth-order valence-corrected chi connectivity index (χ4v) is 4.18. The monoisotopic (exact) mass is 393 g/mol. The van der Waals surface area contributed by atoms with Gasteiger partial charge in [-0.05, 0) is 36.4 Å². The molecule has 6 nitrogen and oxygen atoms in total. The van der Waals surface area contributed by atoms with Crippen LogP contribution < -0.4 is 0 Å². The van der Waals surface area contributed by atoms with Gasteiger partial charge in [-0.15, -0.1) is 0 Å². The highest BCUT2D eigenvalue weighted by Crippen LogP contribution is 2.30. The third-order valence-electron chi connectivity index (χ3n) is 4.29. The summed E-state index contributed by atoms with van der Waals surface area (Å²) in [4.78, 5) is 16.7. The van der Waals surface area contributed by atoms with E-state index in [-0.39, 0.29) is 15.7 Å². The predicted molar refractivity (Wildman–Crippen MR) is 103 cm³/mol. The quantitative estimate of drug-likeness (QED) is 0.485. The molecule has 3 aromatic carbocycles. The molecule has 0 fully saturated rings. The number of sulfone groups is 1. The zero-order valence-electron chi connectivity index (χ0n) is 14.8. The van der Waals surface area contributed by atoms with E-state index in [1.807, 2.05) is 0 Å². The highest BCUT2D eigenvalue weighted by atomic mass is 32.2. The van der Waals surface area contributed by atoms with Gasteiger partial charge in [-0.25, -0.2) is 18.2 Å². The Bertz CT molecular complexity index is 1280. The third kappa shape index (κ3) is 3.05. The van der Waals surface area contributed by atoms with Gasteiger partial charge in [-0.2, -0.15) is 0 Å². The van der Waals surface area contributed by atoms with Crippen LogP contribution >= 0.6 is 0 Å².